The summed E-state index contributed by atoms with van der Waals surface area (Å²) >= 11 is 6.36. The quantitative estimate of drug-likeness (QED) is 0.0692. The van der Waals surface area contributed by atoms with Crippen molar-refractivity contribution in [3.8, 4) is 23.1 Å². The predicted molar refractivity (Wildman–Crippen MR) is 137 cm³/mol. The Kier molecular flexibility index (Phi) is 8.46. The Balaban J connectivity index is 1.54. The fourth-order valence-corrected chi connectivity index (χ4v) is 3.92. The van der Waals surface area contributed by atoms with Crippen LogP contribution >= 0.6 is 11.6 Å². The van der Waals surface area contributed by atoms with Gasteiger partial charge in [-0.25, -0.2) is 20.2 Å². The number of nitrogens with two attached hydrogens (primary N) is 1. The van der Waals surface area contributed by atoms with Crippen molar-refractivity contribution in [2.45, 2.75) is 6.42 Å². The van der Waals surface area contributed by atoms with Gasteiger partial charge in [0, 0.05) is 30.2 Å². The fraction of sp³-hybridized carbons (Fsp3) is 0.125. The third-order valence-electron chi connectivity index (χ3n) is 5.48. The van der Waals surface area contributed by atoms with Crippen LogP contribution in [0.5, 0.6) is 5.75 Å². The van der Waals surface area contributed by atoms with E-state index in [1.165, 1.54) is 28.9 Å². The van der Waals surface area contributed by atoms with Crippen LogP contribution in [0, 0.1) is 23.0 Å². The van der Waals surface area contributed by atoms with Crippen LogP contribution < -0.4 is 37.6 Å². The Hall–Kier alpha value is -4.84. The number of hydrazine groups is 2. The molecule has 2 aromatic carbocycles. The monoisotopic (exact) mass is 556 g/mol. The molecule has 4 aromatic rings. The molecule has 1 amide bonds. The molecule has 0 atom stereocenters. The zero-order valence-electron chi connectivity index (χ0n) is 20.3. The smallest absolute Gasteiger partial charge is 0.362 e. The minimum absolute atomic E-state index is 0.0569. The van der Waals surface area contributed by atoms with E-state index in [2.05, 4.69) is 37.0 Å². The molecule has 0 aliphatic rings. The van der Waals surface area contributed by atoms with Gasteiger partial charge in [-0.05, 0) is 30.3 Å². The maximum Gasteiger partial charge on any atom is 0.362 e. The van der Waals surface area contributed by atoms with Gasteiger partial charge in [0.15, 0.2) is 29.6 Å². The second-order valence-corrected chi connectivity index (χ2v) is 8.40. The number of amidine groups is 1. The van der Waals surface area contributed by atoms with E-state index < -0.39 is 18.2 Å². The van der Waals surface area contributed by atoms with E-state index >= 15 is 0 Å². The Morgan fingerprint density at radius 1 is 1.26 bits per heavy atom. The summed E-state index contributed by atoms with van der Waals surface area (Å²) in [6, 6.07) is 9.04. The highest BCUT2D eigenvalue weighted by molar-refractivity contribution is 6.34. The van der Waals surface area contributed by atoms with E-state index in [0.29, 0.717) is 36.0 Å². The number of aromatic nitrogens is 3. The van der Waals surface area contributed by atoms with Gasteiger partial charge in [0.2, 0.25) is 5.82 Å². The number of nitrogens with one attached hydrogen (secondary N) is 4. The number of hydrogen-bond acceptors (Lipinski definition) is 8. The summed E-state index contributed by atoms with van der Waals surface area (Å²) in [7, 11) is 0. The fourth-order valence-electron chi connectivity index (χ4n) is 3.66. The molecular weight excluding hydrogens is 534 g/mol. The molecule has 12 nitrogen and oxygen atoms in total. The predicted octanol–water partition coefficient (Wildman–Crippen LogP) is 0.193. The second-order valence-electron chi connectivity index (χ2n) is 8.00. The Morgan fingerprint density at radius 2 is 2.08 bits per heavy atom. The van der Waals surface area contributed by atoms with Crippen LogP contribution in [0.2, 0.25) is 5.02 Å². The highest BCUT2D eigenvalue weighted by Crippen LogP contribution is 2.32. The molecule has 200 valence electrons. The maximum absolute atomic E-state index is 14.9. The lowest BCUT2D eigenvalue weighted by molar-refractivity contribution is -0.564. The molecular formula is C24H23ClF2N10O2+2. The molecule has 9 N–H and O–H groups in total. The van der Waals surface area contributed by atoms with E-state index in [9.17, 15) is 13.6 Å². The molecule has 39 heavy (non-hydrogen) atoms. The molecule has 0 fully saturated rings. The number of carbonyl (C=O) groups excluding carboxylic acids is 1. The number of fused-ring (bicyclic) bond motifs is 1. The number of hydrazone groups is 1. The lowest BCUT2D eigenvalue weighted by Crippen LogP contribution is -2.93. The number of nitrogens with zero attached hydrogens (tertiary/aromatic N) is 4. The number of rotatable bonds is 10. The molecule has 4 rings (SSSR count). The highest BCUT2D eigenvalue weighted by atomic mass is 35.5. The summed E-state index contributed by atoms with van der Waals surface area (Å²) in [5, 5.41) is 17.3. The van der Waals surface area contributed by atoms with Crippen LogP contribution in [0.25, 0.3) is 16.9 Å². The number of ether oxygens (including phenoxy) is 1. The molecule has 15 heteroatoms. The first-order valence-electron chi connectivity index (χ1n) is 11.4. The minimum Gasteiger partial charge on any atom is -0.476 e. The maximum atomic E-state index is 14.9. The van der Waals surface area contributed by atoms with Gasteiger partial charge in [-0.1, -0.05) is 16.7 Å². The average Bonchev–Trinajstić information content (AvgIpc) is 3.35. The number of hydrogen-bond donors (Lipinski definition) is 6. The SMILES string of the molecule is N#CCOc1ccc(-c2cnc3c(Nc4ccc(C(=O)NCC/C([NH3+])=[NH+]/NN)c(Cl)c4)nccn23)c(F)c1F. The molecule has 2 heterocycles. The van der Waals surface area contributed by atoms with Crippen molar-refractivity contribution in [2.24, 2.45) is 5.84 Å². The van der Waals surface area contributed by atoms with Crippen LogP contribution in [0.3, 0.4) is 0 Å². The van der Waals surface area contributed by atoms with Crippen molar-refractivity contribution in [2.75, 3.05) is 18.5 Å². The van der Waals surface area contributed by atoms with Gasteiger partial charge in [0.05, 0.1) is 22.5 Å². The van der Waals surface area contributed by atoms with E-state index in [1.807, 2.05) is 0 Å². The van der Waals surface area contributed by atoms with Crippen LogP contribution in [-0.4, -0.2) is 39.3 Å². The number of anilines is 2. The van der Waals surface area contributed by atoms with Crippen LogP contribution in [0.15, 0.2) is 48.9 Å². The Bertz CT molecular complexity index is 1600. The average molecular weight is 557 g/mol. The third kappa shape index (κ3) is 6.02. The van der Waals surface area contributed by atoms with Gasteiger partial charge in [-0.2, -0.15) is 9.65 Å². The van der Waals surface area contributed by atoms with Crippen molar-refractivity contribution in [1.29, 1.82) is 5.26 Å². The number of nitriles is 1. The number of halogens is 3. The molecule has 2 aromatic heterocycles. The summed E-state index contributed by atoms with van der Waals surface area (Å²) in [5.41, 5.74) is 7.33. The van der Waals surface area contributed by atoms with Crippen LogP contribution in [0.4, 0.5) is 20.3 Å². The molecule has 0 aliphatic heterocycles. The number of amides is 1. The summed E-state index contributed by atoms with van der Waals surface area (Å²) < 4.78 is 35.8. The molecule has 0 radical (unpaired) electrons. The number of imidazole rings is 1. The Morgan fingerprint density at radius 3 is 2.82 bits per heavy atom. The van der Waals surface area contributed by atoms with Gasteiger partial charge >= 0.3 is 5.84 Å². The van der Waals surface area contributed by atoms with Crippen molar-refractivity contribution >= 4 is 40.5 Å². The first-order valence-corrected chi connectivity index (χ1v) is 11.8. The van der Waals surface area contributed by atoms with Crippen molar-refractivity contribution < 1.29 is 29.1 Å². The van der Waals surface area contributed by atoms with Crippen LogP contribution in [0.1, 0.15) is 16.8 Å². The molecule has 0 aliphatic carbocycles. The standard InChI is InChI=1S/C24H21ClF2N10O2/c25-16-11-13(1-2-14(16)24(38)32-7-5-19(29)35-36-30)34-22-23-33-12-17(37(23)9-8-31-22)15-3-4-18(39-10-6-28)21(27)20(15)26/h1-4,8-9,11-12,36H,5,7,10,30H2,(H2,29,35)(H,31,34)(H,32,38)/p+2. The van der Waals surface area contributed by atoms with Crippen molar-refractivity contribution in [3.63, 3.8) is 0 Å². The minimum atomic E-state index is -1.21. The van der Waals surface area contributed by atoms with Crippen molar-refractivity contribution in [3.05, 3.63) is 71.1 Å². The van der Waals surface area contributed by atoms with E-state index in [4.69, 9.17) is 27.4 Å². The summed E-state index contributed by atoms with van der Waals surface area (Å²) in [6.45, 7) is -0.0976. The molecule has 0 bridgehead atoms. The molecule has 0 spiro atoms. The first-order chi connectivity index (χ1) is 18.8. The third-order valence-corrected chi connectivity index (χ3v) is 5.79. The van der Waals surface area contributed by atoms with Crippen LogP contribution in [-0.2, 0) is 0 Å². The summed E-state index contributed by atoms with van der Waals surface area (Å²) in [5.74, 6) is 2.97. The van der Waals surface area contributed by atoms with E-state index in [0.717, 1.165) is 0 Å². The molecule has 0 saturated carbocycles. The highest BCUT2D eigenvalue weighted by Gasteiger charge is 2.20. The van der Waals surface area contributed by atoms with E-state index in [1.54, 1.807) is 30.5 Å². The zero-order valence-corrected chi connectivity index (χ0v) is 21.0. The molecule has 0 unspecified atom stereocenters. The number of carbonyl (C=O) groups is 1. The lowest BCUT2D eigenvalue weighted by Gasteiger charge is -2.11. The van der Waals surface area contributed by atoms with Gasteiger partial charge in [-0.3, -0.25) is 14.9 Å². The van der Waals surface area contributed by atoms with Gasteiger partial charge in [0.1, 0.15) is 12.5 Å². The largest absolute Gasteiger partial charge is 0.476 e. The normalized spacial score (nSPS) is 11.2. The Labute approximate surface area is 225 Å². The lowest BCUT2D eigenvalue weighted by atomic mass is 10.1. The van der Waals surface area contributed by atoms with Crippen molar-refractivity contribution in [1.82, 2.24) is 25.2 Å². The second kappa shape index (κ2) is 12.1. The van der Waals surface area contributed by atoms with Gasteiger partial charge < -0.3 is 15.4 Å². The molecule has 0 saturated heterocycles. The first kappa shape index (κ1) is 27.2. The number of quaternary nitrogens is 1. The van der Waals surface area contributed by atoms with Gasteiger partial charge in [-0.15, -0.1) is 5.53 Å². The van der Waals surface area contributed by atoms with E-state index in [-0.39, 0.29) is 33.5 Å². The zero-order chi connectivity index (χ0) is 27.9. The summed E-state index contributed by atoms with van der Waals surface area (Å²) in [6.07, 6.45) is 4.84. The number of benzene rings is 2. The van der Waals surface area contributed by atoms with Gasteiger partial charge in [0.25, 0.3) is 5.91 Å². The topological polar surface area (TPSA) is 184 Å². The summed E-state index contributed by atoms with van der Waals surface area (Å²) in [4.78, 5) is 21.1.